The Morgan fingerprint density at radius 3 is 2.80 bits per heavy atom. The second kappa shape index (κ2) is 5.38. The molecule has 0 amide bonds. The minimum atomic E-state index is -0.392. The molecule has 2 N–H and O–H groups in total. The first-order valence-corrected chi connectivity index (χ1v) is 5.07. The van der Waals surface area contributed by atoms with Crippen molar-refractivity contribution in [1.82, 2.24) is 0 Å². The molecule has 0 fully saturated rings. The summed E-state index contributed by atoms with van der Waals surface area (Å²) in [6.07, 6.45) is 0.283. The van der Waals surface area contributed by atoms with E-state index in [2.05, 4.69) is 6.07 Å². The highest BCUT2D eigenvalue weighted by molar-refractivity contribution is 5.41. The van der Waals surface area contributed by atoms with Crippen molar-refractivity contribution in [2.45, 2.75) is 32.9 Å². The fourth-order valence-corrected chi connectivity index (χ4v) is 1.39. The lowest BCUT2D eigenvalue weighted by Gasteiger charge is -2.15. The molecule has 0 aromatic heterocycles. The van der Waals surface area contributed by atoms with Crippen molar-refractivity contribution in [2.24, 2.45) is 5.73 Å². The summed E-state index contributed by atoms with van der Waals surface area (Å²) >= 11 is 0. The minimum Gasteiger partial charge on any atom is -0.475 e. The molecule has 0 heterocycles. The molecule has 80 valence electrons. The Morgan fingerprint density at radius 1 is 1.53 bits per heavy atom. The quantitative estimate of drug-likeness (QED) is 0.817. The molecule has 0 bridgehead atoms. The van der Waals surface area contributed by atoms with Crippen molar-refractivity contribution in [3.8, 4) is 11.8 Å². The van der Waals surface area contributed by atoms with Crippen LogP contribution in [0.15, 0.2) is 18.2 Å². The van der Waals surface area contributed by atoms with E-state index in [-0.39, 0.29) is 0 Å². The third-order valence-corrected chi connectivity index (χ3v) is 2.29. The average molecular weight is 204 g/mol. The van der Waals surface area contributed by atoms with Gasteiger partial charge in [0.15, 0.2) is 6.10 Å². The van der Waals surface area contributed by atoms with Gasteiger partial charge in [0.1, 0.15) is 11.8 Å². The molecular weight excluding hydrogens is 188 g/mol. The highest BCUT2D eigenvalue weighted by atomic mass is 16.5. The van der Waals surface area contributed by atoms with E-state index in [1.165, 1.54) is 0 Å². The minimum absolute atomic E-state index is 0.392. The fraction of sp³-hybridized carbons (Fsp3) is 0.417. The summed E-state index contributed by atoms with van der Waals surface area (Å²) in [5.41, 5.74) is 7.58. The van der Waals surface area contributed by atoms with Gasteiger partial charge >= 0.3 is 0 Å². The summed E-state index contributed by atoms with van der Waals surface area (Å²) in [4.78, 5) is 0. The lowest BCUT2D eigenvalue weighted by molar-refractivity contribution is 0.248. The topological polar surface area (TPSA) is 59.0 Å². The number of aryl methyl sites for hydroxylation is 1. The number of ether oxygens (including phenoxy) is 1. The van der Waals surface area contributed by atoms with Crippen molar-refractivity contribution in [3.05, 3.63) is 29.3 Å². The number of rotatable bonds is 4. The molecule has 1 atom stereocenters. The van der Waals surface area contributed by atoms with Gasteiger partial charge in [0.2, 0.25) is 0 Å². The summed E-state index contributed by atoms with van der Waals surface area (Å²) in [5.74, 6) is 0.758. The fourth-order valence-electron chi connectivity index (χ4n) is 1.39. The Hall–Kier alpha value is -1.53. The second-order valence-corrected chi connectivity index (χ2v) is 3.41. The van der Waals surface area contributed by atoms with Crippen LogP contribution < -0.4 is 10.5 Å². The standard InChI is InChI=1S/C12H16N2O/c1-3-11(8-14)15-12-9(2)5-4-6-10(12)7-13/h4-6,11H,3,7,13H2,1-2H3. The number of nitrogens with two attached hydrogens (primary N) is 1. The van der Waals surface area contributed by atoms with E-state index in [1.54, 1.807) is 0 Å². The van der Waals surface area contributed by atoms with E-state index in [4.69, 9.17) is 15.7 Å². The van der Waals surface area contributed by atoms with Crippen LogP contribution in [-0.4, -0.2) is 6.10 Å². The highest BCUT2D eigenvalue weighted by Crippen LogP contribution is 2.24. The van der Waals surface area contributed by atoms with Crippen LogP contribution in [0.4, 0.5) is 0 Å². The molecule has 1 rings (SSSR count). The summed E-state index contributed by atoms with van der Waals surface area (Å²) in [5, 5.41) is 8.84. The van der Waals surface area contributed by atoms with Crippen LogP contribution in [0.3, 0.4) is 0 Å². The summed E-state index contributed by atoms with van der Waals surface area (Å²) in [6.45, 7) is 4.31. The van der Waals surface area contributed by atoms with Crippen LogP contribution >= 0.6 is 0 Å². The number of hydrogen-bond donors (Lipinski definition) is 1. The third kappa shape index (κ3) is 2.71. The van der Waals surface area contributed by atoms with Gasteiger partial charge in [0.25, 0.3) is 0 Å². The van der Waals surface area contributed by atoms with Crippen LogP contribution in [0.1, 0.15) is 24.5 Å². The van der Waals surface area contributed by atoms with E-state index in [0.29, 0.717) is 13.0 Å². The van der Waals surface area contributed by atoms with Crippen molar-refractivity contribution < 1.29 is 4.74 Å². The van der Waals surface area contributed by atoms with Gasteiger partial charge in [-0.1, -0.05) is 25.1 Å². The van der Waals surface area contributed by atoms with Gasteiger partial charge in [-0.3, -0.25) is 0 Å². The Morgan fingerprint density at radius 2 is 2.27 bits per heavy atom. The summed E-state index contributed by atoms with van der Waals surface area (Å²) < 4.78 is 5.62. The first-order valence-electron chi connectivity index (χ1n) is 5.07. The zero-order chi connectivity index (χ0) is 11.3. The van der Waals surface area contributed by atoms with Crippen molar-refractivity contribution >= 4 is 0 Å². The molecule has 3 nitrogen and oxygen atoms in total. The Bertz CT molecular complexity index is 368. The molecule has 0 aliphatic heterocycles. The molecule has 0 spiro atoms. The molecule has 0 saturated carbocycles. The Balaban J connectivity index is 2.97. The third-order valence-electron chi connectivity index (χ3n) is 2.29. The number of nitrogens with zero attached hydrogens (tertiary/aromatic N) is 1. The number of benzene rings is 1. The molecule has 0 aliphatic rings. The van der Waals surface area contributed by atoms with Crippen LogP contribution in [0.2, 0.25) is 0 Å². The van der Waals surface area contributed by atoms with Crippen LogP contribution in [-0.2, 0) is 6.54 Å². The monoisotopic (exact) mass is 204 g/mol. The first kappa shape index (κ1) is 11.5. The van der Waals surface area contributed by atoms with Crippen LogP contribution in [0.25, 0.3) is 0 Å². The predicted octanol–water partition coefficient (Wildman–Crippen LogP) is 2.13. The smallest absolute Gasteiger partial charge is 0.184 e. The van der Waals surface area contributed by atoms with Crippen molar-refractivity contribution in [2.75, 3.05) is 0 Å². The molecule has 15 heavy (non-hydrogen) atoms. The van der Waals surface area contributed by atoms with Gasteiger partial charge in [-0.2, -0.15) is 5.26 Å². The first-order chi connectivity index (χ1) is 7.22. The maximum Gasteiger partial charge on any atom is 0.184 e. The second-order valence-electron chi connectivity index (χ2n) is 3.41. The van der Waals surface area contributed by atoms with E-state index in [0.717, 1.165) is 16.9 Å². The van der Waals surface area contributed by atoms with Crippen molar-refractivity contribution in [1.29, 1.82) is 5.26 Å². The van der Waals surface area contributed by atoms with Gasteiger partial charge < -0.3 is 10.5 Å². The van der Waals surface area contributed by atoms with E-state index >= 15 is 0 Å². The number of para-hydroxylation sites is 1. The van der Waals surface area contributed by atoms with Gasteiger partial charge in [-0.15, -0.1) is 0 Å². The normalized spacial score (nSPS) is 11.9. The Kier molecular flexibility index (Phi) is 4.14. The van der Waals surface area contributed by atoms with Gasteiger partial charge in [-0.25, -0.2) is 0 Å². The average Bonchev–Trinajstić information content (AvgIpc) is 2.27. The number of hydrogen-bond acceptors (Lipinski definition) is 3. The summed E-state index contributed by atoms with van der Waals surface area (Å²) in [7, 11) is 0. The molecular formula is C12H16N2O. The molecule has 0 saturated heterocycles. The lowest BCUT2D eigenvalue weighted by atomic mass is 10.1. The Labute approximate surface area is 90.5 Å². The largest absolute Gasteiger partial charge is 0.475 e. The van der Waals surface area contributed by atoms with Gasteiger partial charge in [0.05, 0.1) is 0 Å². The highest BCUT2D eigenvalue weighted by Gasteiger charge is 2.11. The molecule has 1 aromatic carbocycles. The zero-order valence-corrected chi connectivity index (χ0v) is 9.16. The van der Waals surface area contributed by atoms with Crippen LogP contribution in [0.5, 0.6) is 5.75 Å². The van der Waals surface area contributed by atoms with Gasteiger partial charge in [-0.05, 0) is 18.9 Å². The molecule has 1 unspecified atom stereocenters. The van der Waals surface area contributed by atoms with E-state index in [9.17, 15) is 0 Å². The maximum absolute atomic E-state index is 8.84. The molecule has 0 aliphatic carbocycles. The molecule has 3 heteroatoms. The zero-order valence-electron chi connectivity index (χ0n) is 9.16. The maximum atomic E-state index is 8.84. The van der Waals surface area contributed by atoms with E-state index in [1.807, 2.05) is 32.0 Å². The predicted molar refractivity (Wildman–Crippen MR) is 59.4 cm³/mol. The number of nitriles is 1. The van der Waals surface area contributed by atoms with E-state index < -0.39 is 6.10 Å². The molecule has 0 radical (unpaired) electrons. The van der Waals surface area contributed by atoms with Crippen LogP contribution in [0, 0.1) is 18.3 Å². The lowest BCUT2D eigenvalue weighted by Crippen LogP contribution is -2.15. The van der Waals surface area contributed by atoms with Crippen molar-refractivity contribution in [3.63, 3.8) is 0 Å². The SMILES string of the molecule is CCC(C#N)Oc1c(C)cccc1CN. The molecule has 1 aromatic rings. The summed E-state index contributed by atoms with van der Waals surface area (Å²) in [6, 6.07) is 7.94. The van der Waals surface area contributed by atoms with Gasteiger partial charge in [0, 0.05) is 12.1 Å².